The van der Waals surface area contributed by atoms with E-state index < -0.39 is 19.5 Å². The van der Waals surface area contributed by atoms with Gasteiger partial charge >= 0.3 is 42.0 Å². The van der Waals surface area contributed by atoms with Crippen molar-refractivity contribution in [2.75, 3.05) is 7.11 Å². The molecule has 0 saturated carbocycles. The summed E-state index contributed by atoms with van der Waals surface area (Å²) in [6.45, 7) is 0. The summed E-state index contributed by atoms with van der Waals surface area (Å²) in [7, 11) is 1.53. The van der Waals surface area contributed by atoms with Crippen LogP contribution in [0, 0.1) is 5.39 Å². The Kier molecular flexibility index (Phi) is 3.97. The molecule has 1 aromatic rings. The van der Waals surface area contributed by atoms with E-state index in [1.54, 1.807) is 18.2 Å². The molecule has 98 valence electrons. The molecule has 10 heteroatoms. The second-order valence-electron chi connectivity index (χ2n) is 2.73. The molecule has 0 saturated heterocycles. The molecule has 17 heavy (non-hydrogen) atoms. The molecule has 0 fully saturated rings. The van der Waals surface area contributed by atoms with Crippen molar-refractivity contribution in [3.05, 3.63) is 29.2 Å². The first-order chi connectivity index (χ1) is 7.33. The third-order valence-corrected chi connectivity index (χ3v) is 1.19. The van der Waals surface area contributed by atoms with Crippen LogP contribution in [0.1, 0.15) is 0 Å². The molecule has 0 spiro atoms. The van der Waals surface area contributed by atoms with Gasteiger partial charge < -0.3 is 4.74 Å². The maximum atomic E-state index is 9.93. The Bertz CT molecular complexity index is 425. The first-order valence-electron chi connectivity index (χ1n) is 3.88. The molecule has 0 aromatic heterocycles. The number of ether oxygens (including phenoxy) is 1. The van der Waals surface area contributed by atoms with E-state index in [2.05, 4.69) is 4.98 Å². The van der Waals surface area contributed by atoms with Gasteiger partial charge in [0.1, 0.15) is 0 Å². The Morgan fingerprint density at radius 2 is 1.47 bits per heavy atom. The van der Waals surface area contributed by atoms with Crippen LogP contribution < -0.4 is 4.74 Å². The quantitative estimate of drug-likeness (QED) is 0.419. The average Bonchev–Trinajstić information content (AvgIpc) is 2.13. The summed E-state index contributed by atoms with van der Waals surface area (Å²) in [6, 6.07) is 6.99. The summed E-state index contributed by atoms with van der Waals surface area (Å²) in [6.07, 6.45) is 0. The number of methoxy groups -OCH3 is 1. The van der Waals surface area contributed by atoms with Crippen LogP contribution in [0.3, 0.4) is 0 Å². The van der Waals surface area contributed by atoms with Gasteiger partial charge in [0.2, 0.25) is 11.1 Å². The van der Waals surface area contributed by atoms with Crippen molar-refractivity contribution >= 4 is 25.2 Å². The van der Waals surface area contributed by atoms with Crippen LogP contribution in [0.15, 0.2) is 24.3 Å². The second-order valence-corrected chi connectivity index (χ2v) is 8.20. The Hall–Kier alpha value is -1.16. The maximum absolute atomic E-state index is 11.2. The van der Waals surface area contributed by atoms with E-state index >= 15 is 0 Å². The molecule has 0 aliphatic heterocycles. The number of hydrogen-bond donors (Lipinski definition) is 0. The molecule has 0 bridgehead atoms. The molecule has 0 radical (unpaired) electrons. The summed E-state index contributed by atoms with van der Waals surface area (Å²) < 4.78 is 64.4. The molecule has 0 aliphatic rings. The van der Waals surface area contributed by atoms with Gasteiger partial charge in [-0.2, -0.15) is 0 Å². The Morgan fingerprint density at radius 1 is 1.06 bits per heavy atom. The standard InChI is InChI=1S/C7H7N2O.6FH.Sb/c1-10-7-5-3-2-4-6(7)9-8;;;;;;;/h2-5H,1H3;6*1H;/q+1;;;;;;;+5/p-6. The van der Waals surface area contributed by atoms with Gasteiger partial charge in [0, 0.05) is 6.07 Å². The van der Waals surface area contributed by atoms with Crippen LogP contribution in [0.5, 0.6) is 5.75 Å². The zero-order chi connectivity index (χ0) is 13.8. The van der Waals surface area contributed by atoms with E-state index in [1.807, 2.05) is 6.07 Å². The molecule has 3 nitrogen and oxygen atoms in total. The van der Waals surface area contributed by atoms with E-state index in [0.29, 0.717) is 11.4 Å². The van der Waals surface area contributed by atoms with Crippen LogP contribution in [-0.2, 0) is 0 Å². The number of para-hydroxylation sites is 1. The monoisotopic (exact) mass is 370 g/mol. The summed E-state index contributed by atoms with van der Waals surface area (Å²) in [5.74, 6) is 0.574. The van der Waals surface area contributed by atoms with E-state index in [0.717, 1.165) is 0 Å². The second kappa shape index (κ2) is 4.26. The van der Waals surface area contributed by atoms with Gasteiger partial charge in [-0.1, -0.05) is 12.1 Å². The van der Waals surface area contributed by atoms with Crippen molar-refractivity contribution in [2.24, 2.45) is 0 Å². The number of diazo groups is 1. The number of nitrogens with zero attached hydrogens (tertiary/aromatic N) is 2. The number of rotatable bonds is 1. The third-order valence-electron chi connectivity index (χ3n) is 1.19. The zero-order valence-corrected chi connectivity index (χ0v) is 10.9. The Labute approximate surface area is 94.5 Å². The van der Waals surface area contributed by atoms with Gasteiger partial charge in [-0.05, 0) is 6.07 Å². The molecular formula is C7H7F6N2OSb. The number of halogens is 6. The van der Waals surface area contributed by atoms with Gasteiger partial charge in [-0.25, -0.2) is 0 Å². The molecule has 0 unspecified atom stereocenters. The van der Waals surface area contributed by atoms with Crippen LogP contribution in [0.2, 0.25) is 0 Å². The van der Waals surface area contributed by atoms with Crippen molar-refractivity contribution in [1.29, 1.82) is 5.39 Å². The SMILES string of the molecule is COc1ccccc1[N+]#N.[F][Sb-]([F])([F])([F])([F])[F]. The Balaban J connectivity index is 0.000000325. The predicted octanol–water partition coefficient (Wildman–Crippen LogP) is 4.32. The Morgan fingerprint density at radius 3 is 1.76 bits per heavy atom. The first-order valence-corrected chi connectivity index (χ1v) is 9.67. The molecule has 0 amide bonds. The predicted molar refractivity (Wildman–Crippen MR) is 50.1 cm³/mol. The molecule has 1 aromatic carbocycles. The van der Waals surface area contributed by atoms with Gasteiger partial charge in [0.05, 0.1) is 7.11 Å². The van der Waals surface area contributed by atoms with Crippen molar-refractivity contribution in [2.45, 2.75) is 0 Å². The summed E-state index contributed by atoms with van der Waals surface area (Å²) >= 11 is -11.2. The third kappa shape index (κ3) is 12.8. The van der Waals surface area contributed by atoms with Gasteiger partial charge in [-0.3, -0.25) is 0 Å². The van der Waals surface area contributed by atoms with Crippen molar-refractivity contribution in [3.8, 4) is 5.75 Å². The summed E-state index contributed by atoms with van der Waals surface area (Å²) in [5, 5.41) is 8.39. The molecular weight excluding hydrogens is 364 g/mol. The summed E-state index contributed by atoms with van der Waals surface area (Å²) in [5.41, 5.74) is 0.449. The molecule has 0 atom stereocenters. The van der Waals surface area contributed by atoms with Crippen molar-refractivity contribution < 1.29 is 21.6 Å². The summed E-state index contributed by atoms with van der Waals surface area (Å²) in [4.78, 5) is 3.02. The van der Waals surface area contributed by atoms with Gasteiger partial charge in [0.25, 0.3) is 0 Å². The molecule has 0 heterocycles. The zero-order valence-electron chi connectivity index (χ0n) is 8.33. The fourth-order valence-electron chi connectivity index (χ4n) is 0.712. The van der Waals surface area contributed by atoms with Crippen molar-refractivity contribution in [1.82, 2.24) is 0 Å². The van der Waals surface area contributed by atoms with E-state index in [4.69, 9.17) is 10.1 Å². The first kappa shape index (κ1) is 15.8. The normalized spacial score (nSPS) is 14.5. The topological polar surface area (TPSA) is 37.4 Å². The number of hydrogen-bond acceptors (Lipinski definition) is 2. The number of benzene rings is 1. The molecule has 1 rings (SSSR count). The minimum absolute atomic E-state index is 0.449. The van der Waals surface area contributed by atoms with E-state index in [9.17, 15) is 16.9 Å². The minimum atomic E-state index is -11.2. The fraction of sp³-hybridized carbons (Fsp3) is 0.143. The van der Waals surface area contributed by atoms with Crippen LogP contribution in [0.4, 0.5) is 22.6 Å². The molecule has 0 N–H and O–H groups in total. The van der Waals surface area contributed by atoms with E-state index in [1.165, 1.54) is 7.11 Å². The van der Waals surface area contributed by atoms with E-state index in [-0.39, 0.29) is 0 Å². The van der Waals surface area contributed by atoms with Crippen LogP contribution in [-0.4, -0.2) is 26.6 Å². The van der Waals surface area contributed by atoms with Crippen LogP contribution in [0.25, 0.3) is 4.98 Å². The van der Waals surface area contributed by atoms with Crippen molar-refractivity contribution in [3.63, 3.8) is 0 Å². The van der Waals surface area contributed by atoms with Gasteiger partial charge in [-0.15, -0.1) is 0 Å². The van der Waals surface area contributed by atoms with Crippen LogP contribution >= 0.6 is 0 Å². The fourth-order valence-corrected chi connectivity index (χ4v) is 0.712. The van der Waals surface area contributed by atoms with Gasteiger partial charge in [0.15, 0.2) is 4.98 Å². The molecule has 0 aliphatic carbocycles. The average molecular weight is 371 g/mol.